The van der Waals surface area contributed by atoms with Crippen LogP contribution in [-0.2, 0) is 4.79 Å². The molecule has 1 N–H and O–H groups in total. The number of phenols is 1. The van der Waals surface area contributed by atoms with Crippen molar-refractivity contribution in [1.82, 2.24) is 9.80 Å². The summed E-state index contributed by atoms with van der Waals surface area (Å²) in [7, 11) is 0. The van der Waals surface area contributed by atoms with E-state index in [2.05, 4.69) is 13.8 Å². The van der Waals surface area contributed by atoms with Gasteiger partial charge in [0.15, 0.2) is 0 Å². The van der Waals surface area contributed by atoms with Crippen LogP contribution in [-0.4, -0.2) is 52.4 Å². The molecule has 0 spiro atoms. The minimum atomic E-state index is -0.187. The van der Waals surface area contributed by atoms with Gasteiger partial charge in [-0.3, -0.25) is 9.59 Å². The number of aromatic hydroxyl groups is 1. The van der Waals surface area contributed by atoms with Gasteiger partial charge in [0.2, 0.25) is 5.91 Å². The maximum absolute atomic E-state index is 13.0. The molecule has 2 fully saturated rings. The van der Waals surface area contributed by atoms with Crippen LogP contribution in [0.15, 0.2) is 18.2 Å². The first kappa shape index (κ1) is 17.8. The Bertz CT molecular complexity index is 667. The number of carbonyl (C=O) groups is 2. The lowest BCUT2D eigenvalue weighted by molar-refractivity contribution is -0.133. The van der Waals surface area contributed by atoms with E-state index in [9.17, 15) is 14.7 Å². The SMILES string of the molecule is Cc1ccc(O)c(C(=O)N2CCC(=O)N(CC3CC3)[C@H](C(C)C)C2)c1. The van der Waals surface area contributed by atoms with E-state index in [0.29, 0.717) is 31.0 Å². The molecule has 1 aromatic rings. The Morgan fingerprint density at radius 3 is 2.68 bits per heavy atom. The molecule has 1 saturated carbocycles. The number of benzene rings is 1. The van der Waals surface area contributed by atoms with Gasteiger partial charge in [0.05, 0.1) is 11.6 Å². The van der Waals surface area contributed by atoms with E-state index in [1.54, 1.807) is 23.1 Å². The van der Waals surface area contributed by atoms with E-state index in [-0.39, 0.29) is 29.5 Å². The lowest BCUT2D eigenvalue weighted by Crippen LogP contribution is -2.48. The fraction of sp³-hybridized carbons (Fsp3) is 0.600. The summed E-state index contributed by atoms with van der Waals surface area (Å²) in [5, 5.41) is 10.1. The molecule has 0 bridgehead atoms. The number of amides is 2. The summed E-state index contributed by atoms with van der Waals surface area (Å²) in [5.74, 6) is 0.875. The van der Waals surface area contributed by atoms with Crippen molar-refractivity contribution < 1.29 is 14.7 Å². The summed E-state index contributed by atoms with van der Waals surface area (Å²) < 4.78 is 0. The maximum atomic E-state index is 13.0. The molecular formula is C20H28N2O3. The van der Waals surface area contributed by atoms with Gasteiger partial charge in [-0.2, -0.15) is 0 Å². The van der Waals surface area contributed by atoms with Gasteiger partial charge >= 0.3 is 0 Å². The molecule has 2 amide bonds. The molecule has 0 unspecified atom stereocenters. The van der Waals surface area contributed by atoms with Crippen molar-refractivity contribution in [2.45, 2.75) is 46.1 Å². The van der Waals surface area contributed by atoms with E-state index >= 15 is 0 Å². The molecule has 136 valence electrons. The van der Waals surface area contributed by atoms with Gasteiger partial charge in [0, 0.05) is 26.1 Å². The number of hydrogen-bond acceptors (Lipinski definition) is 3. The summed E-state index contributed by atoms with van der Waals surface area (Å²) >= 11 is 0. The van der Waals surface area contributed by atoms with Crippen molar-refractivity contribution in [3.8, 4) is 5.75 Å². The molecule has 5 nitrogen and oxygen atoms in total. The molecule has 5 heteroatoms. The van der Waals surface area contributed by atoms with Crippen molar-refractivity contribution in [2.75, 3.05) is 19.6 Å². The van der Waals surface area contributed by atoms with Crippen LogP contribution in [0.3, 0.4) is 0 Å². The molecule has 0 radical (unpaired) electrons. The zero-order valence-electron chi connectivity index (χ0n) is 15.4. The smallest absolute Gasteiger partial charge is 0.257 e. The van der Waals surface area contributed by atoms with Crippen LogP contribution in [0.5, 0.6) is 5.75 Å². The number of hydrogen-bond donors (Lipinski definition) is 1. The lowest BCUT2D eigenvalue weighted by atomic mass is 10.0. The minimum Gasteiger partial charge on any atom is -0.507 e. The second-order valence-electron chi connectivity index (χ2n) is 7.82. The third-order valence-corrected chi connectivity index (χ3v) is 5.31. The van der Waals surface area contributed by atoms with E-state index < -0.39 is 0 Å². The average Bonchev–Trinajstić information content (AvgIpc) is 3.39. The van der Waals surface area contributed by atoms with E-state index in [4.69, 9.17) is 0 Å². The zero-order chi connectivity index (χ0) is 18.1. The molecule has 1 atom stereocenters. The third kappa shape index (κ3) is 3.97. The van der Waals surface area contributed by atoms with Crippen LogP contribution in [0.1, 0.15) is 49.0 Å². The Hall–Kier alpha value is -2.04. The number of carbonyl (C=O) groups excluding carboxylic acids is 2. The van der Waals surface area contributed by atoms with E-state index in [1.165, 1.54) is 12.8 Å². The van der Waals surface area contributed by atoms with Crippen LogP contribution >= 0.6 is 0 Å². The van der Waals surface area contributed by atoms with Crippen LogP contribution in [0.4, 0.5) is 0 Å². The maximum Gasteiger partial charge on any atom is 0.257 e. The van der Waals surface area contributed by atoms with Crippen molar-refractivity contribution in [2.24, 2.45) is 11.8 Å². The van der Waals surface area contributed by atoms with Gasteiger partial charge in [0.1, 0.15) is 5.75 Å². The van der Waals surface area contributed by atoms with Crippen LogP contribution in [0.2, 0.25) is 0 Å². The number of aryl methyl sites for hydroxylation is 1. The van der Waals surface area contributed by atoms with Gasteiger partial charge in [-0.1, -0.05) is 25.5 Å². The zero-order valence-corrected chi connectivity index (χ0v) is 15.4. The molecule has 2 aliphatic rings. The Labute approximate surface area is 149 Å². The van der Waals surface area contributed by atoms with Gasteiger partial charge in [0.25, 0.3) is 5.91 Å². The minimum absolute atomic E-state index is 0.00195. The van der Waals surface area contributed by atoms with Gasteiger partial charge in [-0.25, -0.2) is 0 Å². The van der Waals surface area contributed by atoms with E-state index in [1.807, 2.05) is 11.8 Å². The van der Waals surface area contributed by atoms with Crippen molar-refractivity contribution in [1.29, 1.82) is 0 Å². The molecule has 1 aromatic carbocycles. The first-order valence-electron chi connectivity index (χ1n) is 9.25. The van der Waals surface area contributed by atoms with Crippen molar-refractivity contribution >= 4 is 11.8 Å². The Morgan fingerprint density at radius 2 is 2.04 bits per heavy atom. The van der Waals surface area contributed by atoms with Crippen LogP contribution in [0.25, 0.3) is 0 Å². The largest absolute Gasteiger partial charge is 0.507 e. The number of phenolic OH excluding ortho intramolecular Hbond substituents is 1. The highest BCUT2D eigenvalue weighted by Gasteiger charge is 2.37. The highest BCUT2D eigenvalue weighted by Crippen LogP contribution is 2.32. The standard InChI is InChI=1S/C20H28N2O3/c1-13(2)17-12-21(9-8-19(24)22(17)11-15-5-6-15)20(25)16-10-14(3)4-7-18(16)23/h4,7,10,13,15,17,23H,5-6,8-9,11-12H2,1-3H3/t17-/m0/s1. The van der Waals surface area contributed by atoms with Crippen molar-refractivity contribution in [3.05, 3.63) is 29.3 Å². The first-order chi connectivity index (χ1) is 11.9. The Morgan fingerprint density at radius 1 is 1.32 bits per heavy atom. The Kier molecular flexibility index (Phi) is 5.02. The normalized spacial score (nSPS) is 21.6. The predicted molar refractivity (Wildman–Crippen MR) is 96.4 cm³/mol. The summed E-state index contributed by atoms with van der Waals surface area (Å²) in [5.41, 5.74) is 1.26. The van der Waals surface area contributed by atoms with E-state index in [0.717, 1.165) is 12.1 Å². The van der Waals surface area contributed by atoms with Crippen LogP contribution < -0.4 is 0 Å². The number of nitrogens with zero attached hydrogens (tertiary/aromatic N) is 2. The van der Waals surface area contributed by atoms with Gasteiger partial charge in [-0.15, -0.1) is 0 Å². The fourth-order valence-electron chi connectivity index (χ4n) is 3.54. The third-order valence-electron chi connectivity index (χ3n) is 5.31. The topological polar surface area (TPSA) is 60.9 Å². The summed E-state index contributed by atoms with van der Waals surface area (Å²) in [6.07, 6.45) is 2.76. The molecular weight excluding hydrogens is 316 g/mol. The van der Waals surface area contributed by atoms with Gasteiger partial charge < -0.3 is 14.9 Å². The average molecular weight is 344 g/mol. The highest BCUT2D eigenvalue weighted by molar-refractivity contribution is 5.97. The summed E-state index contributed by atoms with van der Waals surface area (Å²) in [6, 6.07) is 5.10. The molecule has 1 heterocycles. The highest BCUT2D eigenvalue weighted by atomic mass is 16.3. The summed E-state index contributed by atoms with van der Waals surface area (Å²) in [4.78, 5) is 29.4. The molecule has 25 heavy (non-hydrogen) atoms. The summed E-state index contributed by atoms with van der Waals surface area (Å²) in [6.45, 7) is 7.87. The fourth-order valence-corrected chi connectivity index (χ4v) is 3.54. The second-order valence-corrected chi connectivity index (χ2v) is 7.82. The lowest BCUT2D eigenvalue weighted by Gasteiger charge is -2.35. The van der Waals surface area contributed by atoms with Crippen LogP contribution in [0, 0.1) is 18.8 Å². The quantitative estimate of drug-likeness (QED) is 0.914. The van der Waals surface area contributed by atoms with Crippen molar-refractivity contribution in [3.63, 3.8) is 0 Å². The van der Waals surface area contributed by atoms with Gasteiger partial charge in [-0.05, 0) is 43.7 Å². The molecule has 1 aliphatic heterocycles. The molecule has 0 aromatic heterocycles. The number of rotatable bonds is 4. The molecule has 1 saturated heterocycles. The molecule has 3 rings (SSSR count). The second kappa shape index (κ2) is 7.06. The monoisotopic (exact) mass is 344 g/mol. The Balaban J connectivity index is 1.83. The predicted octanol–water partition coefficient (Wildman–Crippen LogP) is 2.81. The first-order valence-corrected chi connectivity index (χ1v) is 9.25. The molecule has 1 aliphatic carbocycles.